The Morgan fingerprint density at radius 2 is 1.83 bits per heavy atom. The Bertz CT molecular complexity index is 905. The molecular formula is C20H22ClN5O3. The topological polar surface area (TPSA) is 120 Å². The van der Waals surface area contributed by atoms with E-state index in [0.717, 1.165) is 24.9 Å². The van der Waals surface area contributed by atoms with Crippen LogP contribution in [0.2, 0.25) is 5.02 Å². The Morgan fingerprint density at radius 1 is 1.14 bits per heavy atom. The van der Waals surface area contributed by atoms with Crippen molar-refractivity contribution in [2.75, 3.05) is 11.1 Å². The van der Waals surface area contributed by atoms with Crippen LogP contribution in [0.15, 0.2) is 24.3 Å². The van der Waals surface area contributed by atoms with Gasteiger partial charge in [0.05, 0.1) is 5.92 Å². The number of carbonyl (C=O) groups is 2. The molecule has 1 aromatic carbocycles. The Morgan fingerprint density at radius 3 is 2.52 bits per heavy atom. The van der Waals surface area contributed by atoms with Crippen molar-refractivity contribution in [3.8, 4) is 0 Å². The number of nitrogen functional groups attached to an aromatic ring is 1. The number of hydrogen-bond acceptors (Lipinski definition) is 8. The van der Waals surface area contributed by atoms with Crippen molar-refractivity contribution >= 4 is 40.9 Å². The molecule has 2 saturated carbocycles. The summed E-state index contributed by atoms with van der Waals surface area (Å²) in [6.45, 7) is -0.0966. The number of nitrogens with zero attached hydrogens (tertiary/aromatic N) is 3. The van der Waals surface area contributed by atoms with E-state index < -0.39 is 0 Å². The second kappa shape index (κ2) is 8.32. The minimum Gasteiger partial charge on any atom is -0.457 e. The molecule has 9 heteroatoms. The van der Waals surface area contributed by atoms with Crippen molar-refractivity contribution in [3.05, 3.63) is 35.1 Å². The van der Waals surface area contributed by atoms with E-state index in [1.54, 1.807) is 24.3 Å². The van der Waals surface area contributed by atoms with Gasteiger partial charge in [-0.25, -0.2) is 0 Å². The van der Waals surface area contributed by atoms with Gasteiger partial charge in [0.2, 0.25) is 11.9 Å². The van der Waals surface area contributed by atoms with Gasteiger partial charge in [-0.2, -0.15) is 15.0 Å². The van der Waals surface area contributed by atoms with Crippen LogP contribution in [0.4, 0.5) is 17.6 Å². The molecule has 8 nitrogen and oxygen atoms in total. The molecule has 0 amide bonds. The van der Waals surface area contributed by atoms with Crippen molar-refractivity contribution < 1.29 is 14.3 Å². The molecule has 2 unspecified atom stereocenters. The summed E-state index contributed by atoms with van der Waals surface area (Å²) in [5.74, 6) is 0.322. The van der Waals surface area contributed by atoms with Crippen LogP contribution < -0.4 is 11.1 Å². The predicted molar refractivity (Wildman–Crippen MR) is 107 cm³/mol. The molecule has 3 N–H and O–H groups in total. The standard InChI is InChI=1S/C20H22ClN5O3/c21-14-4-6-15(7-5-14)23-20-25-16(24-19(22)26-20)10-29-18(28)13-8-11-2-1-3-12(9-13)17(11)27/h4-7,11-13H,1-3,8-10H2,(H3,22,23,24,25,26). The molecule has 0 saturated heterocycles. The lowest BCUT2D eigenvalue weighted by Gasteiger charge is -2.36. The van der Waals surface area contributed by atoms with E-state index in [2.05, 4.69) is 20.3 Å². The molecule has 4 rings (SSSR count). The van der Waals surface area contributed by atoms with Crippen LogP contribution in [0.3, 0.4) is 0 Å². The van der Waals surface area contributed by atoms with Gasteiger partial charge >= 0.3 is 5.97 Å². The average molecular weight is 416 g/mol. The minimum atomic E-state index is -0.305. The van der Waals surface area contributed by atoms with Gasteiger partial charge in [-0.3, -0.25) is 9.59 Å². The van der Waals surface area contributed by atoms with Crippen molar-refractivity contribution in [2.45, 2.75) is 38.7 Å². The summed E-state index contributed by atoms with van der Waals surface area (Å²) in [5.41, 5.74) is 6.50. The smallest absolute Gasteiger partial charge is 0.309 e. The Kier molecular flexibility index (Phi) is 5.62. The molecule has 0 spiro atoms. The molecule has 152 valence electrons. The highest BCUT2D eigenvalue weighted by Crippen LogP contribution is 2.40. The lowest BCUT2D eigenvalue weighted by atomic mass is 9.67. The molecule has 2 fully saturated rings. The summed E-state index contributed by atoms with van der Waals surface area (Å²) in [5, 5.41) is 3.63. The fourth-order valence-electron chi connectivity index (χ4n) is 4.15. The van der Waals surface area contributed by atoms with Crippen molar-refractivity contribution in [1.29, 1.82) is 0 Å². The summed E-state index contributed by atoms with van der Waals surface area (Å²) in [4.78, 5) is 37.1. The summed E-state index contributed by atoms with van der Waals surface area (Å²) in [6, 6.07) is 7.04. The number of ether oxygens (including phenoxy) is 1. The highest BCUT2D eigenvalue weighted by molar-refractivity contribution is 6.30. The monoisotopic (exact) mass is 415 g/mol. The van der Waals surface area contributed by atoms with Crippen LogP contribution in [-0.4, -0.2) is 26.7 Å². The number of aromatic nitrogens is 3. The average Bonchev–Trinajstić information content (AvgIpc) is 2.67. The number of rotatable bonds is 5. The number of halogens is 1. The van der Waals surface area contributed by atoms with Crippen LogP contribution >= 0.6 is 11.6 Å². The second-order valence-electron chi connectivity index (χ2n) is 7.57. The molecule has 2 bridgehead atoms. The highest BCUT2D eigenvalue weighted by atomic mass is 35.5. The first-order chi connectivity index (χ1) is 14.0. The maximum Gasteiger partial charge on any atom is 0.309 e. The van der Waals surface area contributed by atoms with E-state index in [-0.39, 0.29) is 48.1 Å². The first kappa shape index (κ1) is 19.6. The summed E-state index contributed by atoms with van der Waals surface area (Å²) in [6.07, 6.45) is 3.98. The number of fused-ring (bicyclic) bond motifs is 2. The SMILES string of the molecule is Nc1nc(COC(=O)C2CC3CCCC(C2)C3=O)nc(Nc2ccc(Cl)cc2)n1. The van der Waals surface area contributed by atoms with Gasteiger partial charge in [0.15, 0.2) is 12.4 Å². The van der Waals surface area contributed by atoms with Gasteiger partial charge in [0, 0.05) is 22.5 Å². The number of ketones is 1. The molecule has 2 aromatic rings. The number of esters is 1. The number of hydrogen-bond donors (Lipinski definition) is 2. The van der Waals surface area contributed by atoms with Gasteiger partial charge in [-0.1, -0.05) is 18.0 Å². The van der Waals surface area contributed by atoms with Gasteiger partial charge < -0.3 is 15.8 Å². The first-order valence-electron chi connectivity index (χ1n) is 9.71. The Labute approximate surface area is 173 Å². The lowest BCUT2D eigenvalue weighted by Crippen LogP contribution is -2.39. The number of benzene rings is 1. The maximum atomic E-state index is 12.5. The third-order valence-corrected chi connectivity index (χ3v) is 5.78. The number of anilines is 3. The third kappa shape index (κ3) is 4.64. The normalized spacial score (nSPS) is 23.5. The molecule has 1 heterocycles. The summed E-state index contributed by atoms with van der Waals surface area (Å²) in [7, 11) is 0. The Balaban J connectivity index is 1.38. The highest BCUT2D eigenvalue weighted by Gasteiger charge is 2.41. The van der Waals surface area contributed by atoms with E-state index >= 15 is 0 Å². The van der Waals surface area contributed by atoms with Gasteiger partial charge in [0.1, 0.15) is 5.78 Å². The summed E-state index contributed by atoms with van der Waals surface area (Å²) >= 11 is 5.88. The lowest BCUT2D eigenvalue weighted by molar-refractivity contribution is -0.155. The zero-order chi connectivity index (χ0) is 20.4. The summed E-state index contributed by atoms with van der Waals surface area (Å²) < 4.78 is 5.44. The van der Waals surface area contributed by atoms with E-state index in [1.807, 2.05) is 0 Å². The molecule has 2 aliphatic carbocycles. The van der Waals surface area contributed by atoms with Gasteiger partial charge in [-0.15, -0.1) is 0 Å². The third-order valence-electron chi connectivity index (χ3n) is 5.52. The van der Waals surface area contributed by atoms with Crippen molar-refractivity contribution in [1.82, 2.24) is 15.0 Å². The first-order valence-corrected chi connectivity index (χ1v) is 10.1. The van der Waals surface area contributed by atoms with E-state index in [0.29, 0.717) is 23.6 Å². The van der Waals surface area contributed by atoms with Crippen LogP contribution in [0, 0.1) is 17.8 Å². The molecule has 0 aliphatic heterocycles. The van der Waals surface area contributed by atoms with Gasteiger partial charge in [0.25, 0.3) is 0 Å². The van der Waals surface area contributed by atoms with E-state index in [9.17, 15) is 9.59 Å². The fraction of sp³-hybridized carbons (Fsp3) is 0.450. The van der Waals surface area contributed by atoms with E-state index in [1.165, 1.54) is 0 Å². The molecule has 2 atom stereocenters. The number of nitrogens with one attached hydrogen (secondary N) is 1. The molecule has 1 aromatic heterocycles. The maximum absolute atomic E-state index is 12.5. The van der Waals surface area contributed by atoms with Crippen LogP contribution in [0.5, 0.6) is 0 Å². The fourth-order valence-corrected chi connectivity index (χ4v) is 4.27. The van der Waals surface area contributed by atoms with Crippen LogP contribution in [0.1, 0.15) is 37.9 Å². The molecule has 0 radical (unpaired) electrons. The number of carbonyl (C=O) groups excluding carboxylic acids is 2. The van der Waals surface area contributed by atoms with Crippen molar-refractivity contribution in [2.24, 2.45) is 17.8 Å². The van der Waals surface area contributed by atoms with Crippen molar-refractivity contribution in [3.63, 3.8) is 0 Å². The second-order valence-corrected chi connectivity index (χ2v) is 8.00. The number of nitrogens with two attached hydrogens (primary N) is 1. The quantitative estimate of drug-likeness (QED) is 0.713. The molecule has 2 aliphatic rings. The molecular weight excluding hydrogens is 394 g/mol. The van der Waals surface area contributed by atoms with Gasteiger partial charge in [-0.05, 0) is 49.9 Å². The van der Waals surface area contributed by atoms with Crippen LogP contribution in [-0.2, 0) is 20.9 Å². The largest absolute Gasteiger partial charge is 0.457 e. The number of Topliss-reactive ketones (excluding diaryl/α,β-unsaturated/α-hetero) is 1. The zero-order valence-electron chi connectivity index (χ0n) is 15.8. The molecule has 29 heavy (non-hydrogen) atoms. The Hall–Kier alpha value is -2.74. The predicted octanol–water partition coefficient (Wildman–Crippen LogP) is 3.29. The van der Waals surface area contributed by atoms with Crippen LogP contribution in [0.25, 0.3) is 0 Å². The zero-order valence-corrected chi connectivity index (χ0v) is 16.6. The minimum absolute atomic E-state index is 0.00282. The van der Waals surface area contributed by atoms with E-state index in [4.69, 9.17) is 22.1 Å².